The zero-order chi connectivity index (χ0) is 43.5. The second kappa shape index (κ2) is 17.9. The van der Waals surface area contributed by atoms with Crippen LogP contribution in [-0.4, -0.2) is 92.7 Å². The smallest absolute Gasteiger partial charge is 0.407 e. The molecule has 5 atom stereocenters. The van der Waals surface area contributed by atoms with Crippen molar-refractivity contribution in [3.8, 4) is 39.7 Å². The van der Waals surface area contributed by atoms with Crippen LogP contribution in [0.1, 0.15) is 70.7 Å². The predicted molar refractivity (Wildman–Crippen MR) is 229 cm³/mol. The van der Waals surface area contributed by atoms with Gasteiger partial charge in [0.15, 0.2) is 0 Å². The number of alkyl carbamates (subject to hydrolysis) is 2. The summed E-state index contributed by atoms with van der Waals surface area (Å²) in [5.74, 6) is 0.304. The monoisotopic (exact) mass is 827 g/mol. The van der Waals surface area contributed by atoms with Crippen LogP contribution < -0.4 is 10.6 Å². The van der Waals surface area contributed by atoms with E-state index in [2.05, 4.69) is 82.4 Å². The maximum atomic E-state index is 13.8. The van der Waals surface area contributed by atoms with Gasteiger partial charge in [-0.25, -0.2) is 19.6 Å². The summed E-state index contributed by atoms with van der Waals surface area (Å²) in [6, 6.07) is 21.1. The number of nitriles is 1. The molecule has 0 saturated carbocycles. The van der Waals surface area contributed by atoms with Crippen molar-refractivity contribution in [1.82, 2.24) is 40.0 Å². The number of hydrogen-bond acceptors (Lipinski definition) is 9. The molecule has 0 bridgehead atoms. The number of carbonyl (C=O) groups excluding carboxylic acids is 4. The molecular formula is C46H53N9O6. The van der Waals surface area contributed by atoms with E-state index < -0.39 is 30.3 Å². The first-order chi connectivity index (χ1) is 29.3. The molecule has 318 valence electrons. The summed E-state index contributed by atoms with van der Waals surface area (Å²) in [4.78, 5) is 67.9. The fourth-order valence-corrected chi connectivity index (χ4v) is 8.57. The molecule has 2 aliphatic rings. The number of aromatic amines is 1. The number of fused-ring (bicyclic) bond motifs is 1. The van der Waals surface area contributed by atoms with E-state index in [4.69, 9.17) is 19.4 Å². The number of imidazole rings is 2. The molecule has 4 heterocycles. The van der Waals surface area contributed by atoms with Gasteiger partial charge in [0.25, 0.3) is 0 Å². The molecule has 2 aromatic heterocycles. The van der Waals surface area contributed by atoms with Crippen LogP contribution >= 0.6 is 0 Å². The van der Waals surface area contributed by atoms with Crippen LogP contribution in [0.5, 0.6) is 0 Å². The van der Waals surface area contributed by atoms with Crippen molar-refractivity contribution in [2.75, 3.05) is 27.3 Å². The van der Waals surface area contributed by atoms with Gasteiger partial charge in [0.05, 0.1) is 62.1 Å². The molecular weight excluding hydrogens is 775 g/mol. The minimum absolute atomic E-state index is 0.114. The molecule has 5 aromatic rings. The van der Waals surface area contributed by atoms with Crippen molar-refractivity contribution in [1.29, 1.82) is 5.26 Å². The number of hydrogen-bond donors (Lipinski definition) is 3. The van der Waals surface area contributed by atoms with Crippen molar-refractivity contribution in [3.05, 3.63) is 84.7 Å². The van der Waals surface area contributed by atoms with Gasteiger partial charge in [0.1, 0.15) is 23.7 Å². The van der Waals surface area contributed by atoms with E-state index in [0.29, 0.717) is 18.8 Å². The van der Waals surface area contributed by atoms with Gasteiger partial charge in [0, 0.05) is 25.7 Å². The van der Waals surface area contributed by atoms with Crippen molar-refractivity contribution >= 4 is 34.8 Å². The maximum absolute atomic E-state index is 13.8. The number of carbonyl (C=O) groups is 4. The van der Waals surface area contributed by atoms with Crippen LogP contribution in [0.25, 0.3) is 44.4 Å². The molecule has 0 radical (unpaired) electrons. The topological polar surface area (TPSA) is 188 Å². The predicted octanol–water partition coefficient (Wildman–Crippen LogP) is 7.14. The number of nitrogens with zero attached hydrogens (tertiary/aromatic N) is 6. The zero-order valence-corrected chi connectivity index (χ0v) is 35.6. The number of H-pyrrole nitrogens is 1. The molecule has 15 heteroatoms. The third-order valence-corrected chi connectivity index (χ3v) is 12.0. The largest absolute Gasteiger partial charge is 0.453 e. The number of benzene rings is 3. The molecule has 2 saturated heterocycles. The maximum Gasteiger partial charge on any atom is 0.407 e. The molecule has 0 spiro atoms. The van der Waals surface area contributed by atoms with Gasteiger partial charge in [-0.2, -0.15) is 5.26 Å². The number of ether oxygens (including phenoxy) is 2. The standard InChI is InChI=1S/C46H53N9O6/c1-26(2)39(51-45(58)60-6)43(56)54-18-8-9-36(54)41-48-23-35(50-41)34-17-16-32-20-31(14-15-33(32)21-34)29-10-12-30(13-11-29)38-24-49-42(53(38)5)37-19-28(22-47)25-55(37)44(57)40(27(3)4)52-46(59)61-7/h10-17,20-21,23-24,26-28,36-37,39-40H,8-9,18-19,25H2,1-7H3,(H,48,50)(H,51,58)(H,52,59)/t28-,36-,37-,39-,40-/m0/s1. The molecule has 0 unspecified atom stereocenters. The Morgan fingerprint density at radius 1 is 0.770 bits per heavy atom. The van der Waals surface area contributed by atoms with Crippen LogP contribution in [0.3, 0.4) is 0 Å². The second-order valence-corrected chi connectivity index (χ2v) is 16.6. The Morgan fingerprint density at radius 3 is 1.95 bits per heavy atom. The number of likely N-dealkylation sites (tertiary alicyclic amines) is 2. The summed E-state index contributed by atoms with van der Waals surface area (Å²) in [6.07, 6.45) is 4.35. The lowest BCUT2D eigenvalue weighted by Gasteiger charge is -2.30. The van der Waals surface area contributed by atoms with E-state index in [9.17, 15) is 24.4 Å². The van der Waals surface area contributed by atoms with Gasteiger partial charge >= 0.3 is 12.2 Å². The number of rotatable bonds is 11. The lowest BCUT2D eigenvalue weighted by Crippen LogP contribution is -2.51. The van der Waals surface area contributed by atoms with Crippen LogP contribution in [0.4, 0.5) is 9.59 Å². The van der Waals surface area contributed by atoms with Crippen molar-refractivity contribution in [2.24, 2.45) is 24.8 Å². The first kappa shape index (κ1) is 42.4. The molecule has 3 N–H and O–H groups in total. The van der Waals surface area contributed by atoms with E-state index in [1.54, 1.807) is 11.1 Å². The van der Waals surface area contributed by atoms with E-state index in [1.165, 1.54) is 14.2 Å². The van der Waals surface area contributed by atoms with Crippen LogP contribution in [0, 0.1) is 29.1 Å². The van der Waals surface area contributed by atoms with E-state index in [-0.39, 0.29) is 42.2 Å². The summed E-state index contributed by atoms with van der Waals surface area (Å²) in [5, 5.41) is 17.3. The average molecular weight is 828 g/mol. The van der Waals surface area contributed by atoms with Crippen LogP contribution in [0.15, 0.2) is 73.1 Å². The third kappa shape index (κ3) is 8.66. The minimum Gasteiger partial charge on any atom is -0.453 e. The first-order valence-corrected chi connectivity index (χ1v) is 20.7. The second-order valence-electron chi connectivity index (χ2n) is 16.6. The van der Waals surface area contributed by atoms with Gasteiger partial charge in [-0.3, -0.25) is 9.59 Å². The van der Waals surface area contributed by atoms with Crippen molar-refractivity contribution in [3.63, 3.8) is 0 Å². The summed E-state index contributed by atoms with van der Waals surface area (Å²) >= 11 is 0. The fourth-order valence-electron chi connectivity index (χ4n) is 8.57. The summed E-state index contributed by atoms with van der Waals surface area (Å²) in [6.45, 7) is 8.35. The Labute approximate surface area is 355 Å². The molecule has 7 rings (SSSR count). The van der Waals surface area contributed by atoms with Gasteiger partial charge in [-0.15, -0.1) is 0 Å². The van der Waals surface area contributed by atoms with Gasteiger partial charge in [-0.1, -0.05) is 76.2 Å². The molecule has 61 heavy (non-hydrogen) atoms. The fraction of sp³-hybridized carbons (Fsp3) is 0.413. The molecule has 3 aromatic carbocycles. The first-order valence-electron chi connectivity index (χ1n) is 20.7. The molecule has 2 fully saturated rings. The zero-order valence-electron chi connectivity index (χ0n) is 35.6. The van der Waals surface area contributed by atoms with E-state index >= 15 is 0 Å². The highest BCUT2D eigenvalue weighted by Crippen LogP contribution is 2.38. The Hall–Kier alpha value is -6.69. The quantitative estimate of drug-likeness (QED) is 0.124. The molecule has 4 amide bonds. The Kier molecular flexibility index (Phi) is 12.4. The Bertz CT molecular complexity index is 2470. The van der Waals surface area contributed by atoms with E-state index in [0.717, 1.165) is 63.1 Å². The summed E-state index contributed by atoms with van der Waals surface area (Å²) in [7, 11) is 4.47. The summed E-state index contributed by atoms with van der Waals surface area (Å²) in [5.41, 5.74) is 5.78. The Morgan fingerprint density at radius 2 is 1.34 bits per heavy atom. The average Bonchev–Trinajstić information content (AvgIpc) is 4.10. The van der Waals surface area contributed by atoms with Crippen LogP contribution in [0.2, 0.25) is 0 Å². The normalized spacial score (nSPS) is 18.6. The number of nitrogens with one attached hydrogen (secondary N) is 3. The number of methoxy groups -OCH3 is 2. The van der Waals surface area contributed by atoms with Gasteiger partial charge in [0.2, 0.25) is 11.8 Å². The van der Waals surface area contributed by atoms with Crippen LogP contribution in [-0.2, 0) is 26.1 Å². The SMILES string of the molecule is COC(=O)N[C@H](C(=O)N1CCC[C@H]1c1ncc(-c2ccc3cc(-c4ccc(-c5cnc([C@@H]6C[C@@H](C#N)CN6C(=O)[C@@H](NC(=O)OC)C(C)C)n5C)cc4)ccc3c2)[nH]1)C(C)C. The molecule has 0 aliphatic carbocycles. The highest BCUT2D eigenvalue weighted by molar-refractivity contribution is 5.91. The molecule has 15 nitrogen and oxygen atoms in total. The van der Waals surface area contributed by atoms with Crippen molar-refractivity contribution < 1.29 is 28.7 Å². The van der Waals surface area contributed by atoms with Gasteiger partial charge < -0.3 is 39.5 Å². The van der Waals surface area contributed by atoms with Crippen molar-refractivity contribution in [2.45, 2.75) is 71.1 Å². The highest BCUT2D eigenvalue weighted by atomic mass is 16.5. The number of amides is 4. The van der Waals surface area contributed by atoms with E-state index in [1.807, 2.05) is 50.4 Å². The molecule has 2 aliphatic heterocycles. The van der Waals surface area contributed by atoms with Gasteiger partial charge in [-0.05, 0) is 70.7 Å². The minimum atomic E-state index is -0.807. The Balaban J connectivity index is 1.06. The number of aromatic nitrogens is 4. The third-order valence-electron chi connectivity index (χ3n) is 12.0. The summed E-state index contributed by atoms with van der Waals surface area (Å²) < 4.78 is 11.5. The highest BCUT2D eigenvalue weighted by Gasteiger charge is 2.42. The lowest BCUT2D eigenvalue weighted by molar-refractivity contribution is -0.136. The lowest BCUT2D eigenvalue weighted by atomic mass is 9.98.